The molecule has 2 aromatic rings. The van der Waals surface area contributed by atoms with Gasteiger partial charge in [0, 0.05) is 24.5 Å². The Bertz CT molecular complexity index is 551. The van der Waals surface area contributed by atoms with Crippen LogP contribution in [-0.2, 0) is 6.42 Å². The Labute approximate surface area is 106 Å². The van der Waals surface area contributed by atoms with Gasteiger partial charge in [0.1, 0.15) is 5.75 Å². The van der Waals surface area contributed by atoms with Gasteiger partial charge >= 0.3 is 0 Å². The summed E-state index contributed by atoms with van der Waals surface area (Å²) in [5, 5.41) is 3.35. The monoisotopic (exact) mass is 241 g/mol. The topological polar surface area (TPSA) is 60.2 Å². The lowest BCUT2D eigenvalue weighted by atomic mass is 10.1. The van der Waals surface area contributed by atoms with Crippen LogP contribution in [-0.4, -0.2) is 11.5 Å². The number of nitrogens with two attached hydrogens (primary N) is 1. The van der Waals surface area contributed by atoms with Gasteiger partial charge in [0.05, 0.1) is 11.4 Å². The molecule has 1 aromatic heterocycles. The lowest BCUT2D eigenvalue weighted by Gasteiger charge is -2.20. The number of hydrogen-bond acceptors (Lipinski definition) is 4. The second-order valence-electron chi connectivity index (χ2n) is 4.33. The molecular formula is C14H15N3O. The van der Waals surface area contributed by atoms with E-state index in [1.807, 2.05) is 30.3 Å². The Morgan fingerprint density at radius 1 is 1.17 bits per heavy atom. The quantitative estimate of drug-likeness (QED) is 0.794. The molecule has 0 atom stereocenters. The number of aryl methyl sites for hydroxylation is 1. The van der Waals surface area contributed by atoms with Gasteiger partial charge in [-0.15, -0.1) is 0 Å². The number of pyridine rings is 1. The summed E-state index contributed by atoms with van der Waals surface area (Å²) in [5.74, 6) is 1.61. The summed E-state index contributed by atoms with van der Waals surface area (Å²) in [6, 6.07) is 9.27. The van der Waals surface area contributed by atoms with Gasteiger partial charge in [-0.2, -0.15) is 0 Å². The summed E-state index contributed by atoms with van der Waals surface area (Å²) in [5.41, 5.74) is 8.48. The molecule has 1 aliphatic heterocycles. The number of fused-ring (bicyclic) bond motifs is 1. The highest BCUT2D eigenvalue weighted by atomic mass is 16.5. The summed E-state index contributed by atoms with van der Waals surface area (Å²) in [6.45, 7) is 0.969. The van der Waals surface area contributed by atoms with Crippen molar-refractivity contribution in [3.63, 3.8) is 0 Å². The first kappa shape index (κ1) is 10.9. The van der Waals surface area contributed by atoms with Crippen molar-refractivity contribution in [3.8, 4) is 11.5 Å². The molecule has 0 unspecified atom stereocenters. The second kappa shape index (κ2) is 4.56. The molecule has 92 valence electrons. The van der Waals surface area contributed by atoms with E-state index >= 15 is 0 Å². The zero-order valence-electron chi connectivity index (χ0n) is 10.0. The van der Waals surface area contributed by atoms with Crippen LogP contribution in [0, 0.1) is 0 Å². The van der Waals surface area contributed by atoms with E-state index in [1.54, 1.807) is 6.20 Å². The molecule has 2 heterocycles. The molecule has 0 aliphatic carbocycles. The van der Waals surface area contributed by atoms with Crippen LogP contribution in [0.5, 0.6) is 11.5 Å². The van der Waals surface area contributed by atoms with E-state index in [4.69, 9.17) is 10.5 Å². The van der Waals surface area contributed by atoms with E-state index in [0.717, 1.165) is 48.0 Å². The highest BCUT2D eigenvalue weighted by Gasteiger charge is 2.14. The summed E-state index contributed by atoms with van der Waals surface area (Å²) in [7, 11) is 0. The summed E-state index contributed by atoms with van der Waals surface area (Å²) in [6.07, 6.45) is 3.91. The van der Waals surface area contributed by atoms with Crippen molar-refractivity contribution in [2.24, 2.45) is 0 Å². The third-order valence-electron chi connectivity index (χ3n) is 2.99. The van der Waals surface area contributed by atoms with Crippen LogP contribution >= 0.6 is 0 Å². The average Bonchev–Trinajstić information content (AvgIpc) is 2.42. The normalized spacial score (nSPS) is 13.6. The predicted octanol–water partition coefficient (Wildman–Crippen LogP) is 2.81. The van der Waals surface area contributed by atoms with Gasteiger partial charge in [-0.3, -0.25) is 4.98 Å². The van der Waals surface area contributed by atoms with Crippen molar-refractivity contribution >= 4 is 11.4 Å². The SMILES string of the molecule is Nc1ccc(Oc2ccnc3c2NCCC3)cc1. The third-order valence-corrected chi connectivity index (χ3v) is 2.99. The lowest BCUT2D eigenvalue weighted by molar-refractivity contribution is 0.481. The Hall–Kier alpha value is -2.23. The van der Waals surface area contributed by atoms with E-state index in [9.17, 15) is 0 Å². The largest absolute Gasteiger partial charge is 0.455 e. The molecule has 0 saturated carbocycles. The second-order valence-corrected chi connectivity index (χ2v) is 4.33. The van der Waals surface area contributed by atoms with E-state index in [0.29, 0.717) is 0 Å². The summed E-state index contributed by atoms with van der Waals surface area (Å²) < 4.78 is 5.87. The predicted molar refractivity (Wildman–Crippen MR) is 72.0 cm³/mol. The Kier molecular flexibility index (Phi) is 2.76. The number of ether oxygens (including phenoxy) is 1. The van der Waals surface area contributed by atoms with Crippen molar-refractivity contribution < 1.29 is 4.74 Å². The summed E-state index contributed by atoms with van der Waals surface area (Å²) in [4.78, 5) is 4.37. The maximum absolute atomic E-state index is 5.87. The van der Waals surface area contributed by atoms with Crippen molar-refractivity contribution in [2.75, 3.05) is 17.6 Å². The minimum Gasteiger partial charge on any atom is -0.455 e. The van der Waals surface area contributed by atoms with Crippen LogP contribution < -0.4 is 15.8 Å². The van der Waals surface area contributed by atoms with Gasteiger partial charge in [0.2, 0.25) is 0 Å². The zero-order valence-corrected chi connectivity index (χ0v) is 10.0. The van der Waals surface area contributed by atoms with Crippen LogP contribution in [0.2, 0.25) is 0 Å². The molecule has 0 spiro atoms. The smallest absolute Gasteiger partial charge is 0.153 e. The van der Waals surface area contributed by atoms with Crippen LogP contribution in [0.3, 0.4) is 0 Å². The first-order valence-corrected chi connectivity index (χ1v) is 6.08. The number of nitrogens with one attached hydrogen (secondary N) is 1. The lowest BCUT2D eigenvalue weighted by Crippen LogP contribution is -2.13. The van der Waals surface area contributed by atoms with Crippen LogP contribution in [0.15, 0.2) is 36.5 Å². The fourth-order valence-corrected chi connectivity index (χ4v) is 2.08. The number of rotatable bonds is 2. The third kappa shape index (κ3) is 2.09. The van der Waals surface area contributed by atoms with Gasteiger partial charge in [0.25, 0.3) is 0 Å². The van der Waals surface area contributed by atoms with Crippen LogP contribution in [0.25, 0.3) is 0 Å². The Morgan fingerprint density at radius 2 is 2.00 bits per heavy atom. The van der Waals surface area contributed by atoms with Gasteiger partial charge in [-0.25, -0.2) is 0 Å². The molecule has 1 aromatic carbocycles. The Balaban J connectivity index is 1.90. The highest BCUT2D eigenvalue weighted by molar-refractivity contribution is 5.61. The van der Waals surface area contributed by atoms with E-state index in [-0.39, 0.29) is 0 Å². The van der Waals surface area contributed by atoms with Gasteiger partial charge in [-0.05, 0) is 37.1 Å². The van der Waals surface area contributed by atoms with Gasteiger partial charge in [-0.1, -0.05) is 0 Å². The standard InChI is InChI=1S/C14H15N3O/c15-10-3-5-11(6-4-10)18-13-7-9-16-12-2-1-8-17-14(12)13/h3-7,9,17H,1-2,8,15H2. The number of anilines is 2. The van der Waals surface area contributed by atoms with E-state index in [1.165, 1.54) is 0 Å². The number of hydrogen-bond donors (Lipinski definition) is 2. The van der Waals surface area contributed by atoms with Gasteiger partial charge < -0.3 is 15.8 Å². The highest BCUT2D eigenvalue weighted by Crippen LogP contribution is 2.33. The van der Waals surface area contributed by atoms with Crippen molar-refractivity contribution in [1.82, 2.24) is 4.98 Å². The Morgan fingerprint density at radius 3 is 2.83 bits per heavy atom. The summed E-state index contributed by atoms with van der Waals surface area (Å²) >= 11 is 0. The zero-order chi connectivity index (χ0) is 12.4. The van der Waals surface area contributed by atoms with E-state index in [2.05, 4.69) is 10.3 Å². The molecule has 0 fully saturated rings. The van der Waals surface area contributed by atoms with Crippen LogP contribution in [0.4, 0.5) is 11.4 Å². The molecule has 4 heteroatoms. The van der Waals surface area contributed by atoms with Crippen molar-refractivity contribution in [2.45, 2.75) is 12.8 Å². The molecule has 3 N–H and O–H groups in total. The molecule has 0 amide bonds. The fourth-order valence-electron chi connectivity index (χ4n) is 2.08. The van der Waals surface area contributed by atoms with Crippen LogP contribution in [0.1, 0.15) is 12.1 Å². The maximum atomic E-state index is 5.87. The molecule has 0 radical (unpaired) electrons. The number of benzene rings is 1. The first-order chi connectivity index (χ1) is 8.83. The number of nitrogen functional groups attached to an aromatic ring is 1. The molecule has 4 nitrogen and oxygen atoms in total. The van der Waals surface area contributed by atoms with E-state index < -0.39 is 0 Å². The number of nitrogens with zero attached hydrogens (tertiary/aromatic N) is 1. The fraction of sp³-hybridized carbons (Fsp3) is 0.214. The minimum atomic E-state index is 0.734. The number of aromatic nitrogens is 1. The minimum absolute atomic E-state index is 0.734. The van der Waals surface area contributed by atoms with Crippen molar-refractivity contribution in [1.29, 1.82) is 0 Å². The molecule has 0 bridgehead atoms. The molecule has 0 saturated heterocycles. The average molecular weight is 241 g/mol. The first-order valence-electron chi connectivity index (χ1n) is 6.08. The molecule has 1 aliphatic rings. The van der Waals surface area contributed by atoms with Crippen molar-refractivity contribution in [3.05, 3.63) is 42.2 Å². The molecule has 18 heavy (non-hydrogen) atoms. The molecular weight excluding hydrogens is 226 g/mol. The molecule has 3 rings (SSSR count). The van der Waals surface area contributed by atoms with Gasteiger partial charge in [0.15, 0.2) is 5.75 Å². The maximum Gasteiger partial charge on any atom is 0.153 e.